The van der Waals surface area contributed by atoms with E-state index in [1.165, 1.54) is 16.8 Å². The number of amides is 1. The summed E-state index contributed by atoms with van der Waals surface area (Å²) >= 11 is 0. The number of carbonyl (C=O) groups is 1. The minimum Gasteiger partial charge on any atom is -0.461 e. The largest absolute Gasteiger partial charge is 0.461 e. The van der Waals surface area contributed by atoms with Gasteiger partial charge >= 0.3 is 6.09 Å². The third kappa shape index (κ3) is 5.48. The highest BCUT2D eigenvalue weighted by atomic mass is 16.6. The van der Waals surface area contributed by atoms with Crippen LogP contribution in [-0.2, 0) is 24.4 Å². The first-order valence-corrected chi connectivity index (χ1v) is 10.8. The molecule has 7 nitrogen and oxygen atoms in total. The van der Waals surface area contributed by atoms with E-state index in [9.17, 15) is 4.79 Å². The van der Waals surface area contributed by atoms with E-state index < -0.39 is 0 Å². The van der Waals surface area contributed by atoms with Crippen LogP contribution in [0.15, 0.2) is 58.2 Å². The predicted molar refractivity (Wildman–Crippen MR) is 119 cm³/mol. The van der Waals surface area contributed by atoms with Crippen molar-refractivity contribution in [2.24, 2.45) is 0 Å². The number of furan rings is 1. The highest BCUT2D eigenvalue weighted by molar-refractivity contribution is 5.68. The number of carbonyl (C=O) groups excluding carboxylic acids is 1. The zero-order chi connectivity index (χ0) is 21.8. The summed E-state index contributed by atoms with van der Waals surface area (Å²) in [6.45, 7) is 4.88. The average Bonchev–Trinajstić information content (AvgIpc) is 3.19. The van der Waals surface area contributed by atoms with Crippen LogP contribution in [0.5, 0.6) is 0 Å². The van der Waals surface area contributed by atoms with Crippen molar-refractivity contribution in [3.8, 4) is 0 Å². The van der Waals surface area contributed by atoms with Gasteiger partial charge in [-0.15, -0.1) is 0 Å². The Labute approximate surface area is 184 Å². The highest BCUT2D eigenvalue weighted by Gasteiger charge is 2.30. The number of rotatable bonds is 6. The van der Waals surface area contributed by atoms with Gasteiger partial charge in [0.1, 0.15) is 11.5 Å². The molecule has 0 spiro atoms. The Kier molecular flexibility index (Phi) is 6.63. The third-order valence-corrected chi connectivity index (χ3v) is 5.73. The Hall–Kier alpha value is -2.77. The van der Waals surface area contributed by atoms with Crippen molar-refractivity contribution in [1.29, 1.82) is 0 Å². The number of hydrogen-bond acceptors (Lipinski definition) is 6. The van der Waals surface area contributed by atoms with Crippen LogP contribution in [0.3, 0.4) is 0 Å². The number of ether oxygens (including phenoxy) is 1. The molecule has 2 aliphatic heterocycles. The van der Waals surface area contributed by atoms with Crippen molar-refractivity contribution >= 4 is 6.09 Å². The van der Waals surface area contributed by atoms with Crippen LogP contribution in [-0.4, -0.2) is 73.1 Å². The molecule has 3 heterocycles. The lowest BCUT2D eigenvalue weighted by molar-refractivity contribution is 0.0817. The molecule has 0 radical (unpaired) electrons. The van der Waals surface area contributed by atoms with Crippen LogP contribution >= 0.6 is 0 Å². The Morgan fingerprint density at radius 1 is 1.10 bits per heavy atom. The monoisotopic (exact) mass is 424 g/mol. The van der Waals surface area contributed by atoms with Gasteiger partial charge in [0.15, 0.2) is 6.61 Å². The van der Waals surface area contributed by atoms with E-state index in [-0.39, 0.29) is 12.7 Å². The molecular weight excluding hydrogens is 392 g/mol. The van der Waals surface area contributed by atoms with Crippen molar-refractivity contribution in [1.82, 2.24) is 19.6 Å². The maximum absolute atomic E-state index is 12.7. The normalized spacial score (nSPS) is 17.3. The SMILES string of the molecule is CN(C)Cc1ccc(COC(=O)N2CCC3=C(CN(Cc4ccccc4)CN3C)C2)o1. The van der Waals surface area contributed by atoms with Gasteiger partial charge in [-0.2, -0.15) is 0 Å². The molecule has 1 aromatic heterocycles. The molecular formula is C24H32N4O3. The first-order valence-electron chi connectivity index (χ1n) is 10.8. The van der Waals surface area contributed by atoms with Gasteiger partial charge in [-0.1, -0.05) is 30.3 Å². The van der Waals surface area contributed by atoms with Crippen molar-refractivity contribution in [3.63, 3.8) is 0 Å². The second-order valence-corrected chi connectivity index (χ2v) is 8.69. The van der Waals surface area contributed by atoms with Gasteiger partial charge in [0.05, 0.1) is 13.2 Å². The molecule has 2 aliphatic rings. The summed E-state index contributed by atoms with van der Waals surface area (Å²) in [4.78, 5) is 21.3. The van der Waals surface area contributed by atoms with Crippen LogP contribution in [0.1, 0.15) is 23.5 Å². The number of hydrogen-bond donors (Lipinski definition) is 0. The van der Waals surface area contributed by atoms with E-state index in [0.29, 0.717) is 18.8 Å². The van der Waals surface area contributed by atoms with Crippen LogP contribution in [0, 0.1) is 0 Å². The lowest BCUT2D eigenvalue weighted by atomic mass is 10.0. The van der Waals surface area contributed by atoms with E-state index >= 15 is 0 Å². The van der Waals surface area contributed by atoms with Crippen molar-refractivity contribution in [2.75, 3.05) is 47.4 Å². The second-order valence-electron chi connectivity index (χ2n) is 8.69. The fraction of sp³-hybridized carbons (Fsp3) is 0.458. The Bertz CT molecular complexity index is 922. The maximum Gasteiger partial charge on any atom is 0.410 e. The first-order chi connectivity index (χ1) is 15.0. The lowest BCUT2D eigenvalue weighted by Gasteiger charge is -2.42. The van der Waals surface area contributed by atoms with Crippen LogP contribution in [0.25, 0.3) is 0 Å². The molecule has 31 heavy (non-hydrogen) atoms. The van der Waals surface area contributed by atoms with Gasteiger partial charge in [-0.25, -0.2) is 4.79 Å². The molecule has 0 N–H and O–H groups in total. The topological polar surface area (TPSA) is 52.4 Å². The second kappa shape index (κ2) is 9.58. The molecule has 0 saturated heterocycles. The molecule has 166 valence electrons. The van der Waals surface area contributed by atoms with Gasteiger partial charge in [-0.3, -0.25) is 4.90 Å². The fourth-order valence-corrected chi connectivity index (χ4v) is 4.35. The van der Waals surface area contributed by atoms with E-state index in [4.69, 9.17) is 9.15 Å². The summed E-state index contributed by atoms with van der Waals surface area (Å²) in [6, 6.07) is 14.3. The quantitative estimate of drug-likeness (QED) is 0.709. The molecule has 0 fully saturated rings. The van der Waals surface area contributed by atoms with Gasteiger partial charge in [-0.05, 0) is 37.4 Å². The molecule has 1 aromatic carbocycles. The minimum atomic E-state index is -0.278. The van der Waals surface area contributed by atoms with Crippen LogP contribution < -0.4 is 0 Å². The number of benzene rings is 1. The molecule has 0 unspecified atom stereocenters. The van der Waals surface area contributed by atoms with Gasteiger partial charge < -0.3 is 23.9 Å². The van der Waals surface area contributed by atoms with Gasteiger partial charge in [0.2, 0.25) is 0 Å². The Balaban J connectivity index is 1.32. The van der Waals surface area contributed by atoms with E-state index in [1.807, 2.05) is 42.1 Å². The molecule has 0 atom stereocenters. The molecule has 1 amide bonds. The minimum absolute atomic E-state index is 0.161. The van der Waals surface area contributed by atoms with E-state index in [0.717, 1.165) is 38.5 Å². The van der Waals surface area contributed by atoms with Crippen molar-refractivity contribution < 1.29 is 13.9 Å². The standard InChI is InChI=1S/C24H32N4O3/c1-25(2)16-21-9-10-22(31-21)17-30-24(29)28-12-11-23-20(15-28)14-27(18-26(23)3)13-19-7-5-4-6-8-19/h4-10H,11-18H2,1-3H3. The zero-order valence-electron chi connectivity index (χ0n) is 18.7. The highest BCUT2D eigenvalue weighted by Crippen LogP contribution is 2.27. The summed E-state index contributed by atoms with van der Waals surface area (Å²) < 4.78 is 11.3. The molecule has 0 bridgehead atoms. The molecule has 4 rings (SSSR count). The Morgan fingerprint density at radius 3 is 2.65 bits per heavy atom. The van der Waals surface area contributed by atoms with Crippen molar-refractivity contribution in [2.45, 2.75) is 26.1 Å². The summed E-state index contributed by atoms with van der Waals surface area (Å²) in [7, 11) is 6.12. The summed E-state index contributed by atoms with van der Waals surface area (Å²) in [5, 5.41) is 0. The smallest absolute Gasteiger partial charge is 0.410 e. The Morgan fingerprint density at radius 2 is 1.87 bits per heavy atom. The van der Waals surface area contributed by atoms with Gasteiger partial charge in [0, 0.05) is 45.3 Å². The predicted octanol–water partition coefficient (Wildman–Crippen LogP) is 3.34. The molecule has 7 heteroatoms. The summed E-state index contributed by atoms with van der Waals surface area (Å²) in [6.07, 6.45) is 0.591. The lowest BCUT2D eigenvalue weighted by Crippen LogP contribution is -2.48. The van der Waals surface area contributed by atoms with Crippen LogP contribution in [0.2, 0.25) is 0 Å². The van der Waals surface area contributed by atoms with E-state index in [2.05, 4.69) is 41.1 Å². The average molecular weight is 425 g/mol. The number of nitrogens with zero attached hydrogens (tertiary/aromatic N) is 4. The van der Waals surface area contributed by atoms with Crippen LogP contribution in [0.4, 0.5) is 4.79 Å². The molecule has 0 aliphatic carbocycles. The maximum atomic E-state index is 12.7. The molecule has 2 aromatic rings. The first kappa shape index (κ1) is 21.5. The summed E-state index contributed by atoms with van der Waals surface area (Å²) in [5.74, 6) is 1.54. The van der Waals surface area contributed by atoms with Gasteiger partial charge in [0.25, 0.3) is 0 Å². The zero-order valence-corrected chi connectivity index (χ0v) is 18.7. The van der Waals surface area contributed by atoms with E-state index in [1.54, 1.807) is 0 Å². The fourth-order valence-electron chi connectivity index (χ4n) is 4.35. The molecule has 0 saturated carbocycles. The van der Waals surface area contributed by atoms with Crippen molar-refractivity contribution in [3.05, 3.63) is 70.8 Å². The summed E-state index contributed by atoms with van der Waals surface area (Å²) in [5.41, 5.74) is 3.98. The third-order valence-electron chi connectivity index (χ3n) is 5.73.